The first-order chi connectivity index (χ1) is 2.88. The maximum Gasteiger partial charge on any atom is 0.0792 e. The van der Waals surface area contributed by atoms with Crippen molar-refractivity contribution in [2.45, 2.75) is 13.0 Å². The molecule has 0 radical (unpaired) electrons. The summed E-state index contributed by atoms with van der Waals surface area (Å²) in [5.41, 5.74) is 0. The van der Waals surface area contributed by atoms with Crippen molar-refractivity contribution in [3.05, 3.63) is 0 Å². The number of hydrogen-bond donors (Lipinski definition) is 0. The lowest BCUT2D eigenvalue weighted by atomic mass is 10.3. The normalized spacial score (nSPS) is 62.5. The van der Waals surface area contributed by atoms with Gasteiger partial charge in [0.15, 0.2) is 0 Å². The van der Waals surface area contributed by atoms with Gasteiger partial charge in [-0.3, -0.25) is 0 Å². The van der Waals surface area contributed by atoms with E-state index in [-0.39, 0.29) is 0 Å². The summed E-state index contributed by atoms with van der Waals surface area (Å²) >= 11 is 0. The predicted molar refractivity (Wildman–Crippen MR) is 22.9 cm³/mol. The molecule has 2 aliphatic heterocycles. The van der Waals surface area contributed by atoms with E-state index in [2.05, 4.69) is 16.9 Å². The van der Waals surface area contributed by atoms with Crippen LogP contribution in [0.1, 0.15) is 6.92 Å². The van der Waals surface area contributed by atoms with Gasteiger partial charge in [-0.15, -0.1) is 0 Å². The highest BCUT2D eigenvalue weighted by atomic mass is 15.9. The molecule has 2 rings (SSSR count). The highest BCUT2D eigenvalue weighted by molar-refractivity contribution is 4.88. The molecule has 0 aromatic carbocycles. The summed E-state index contributed by atoms with van der Waals surface area (Å²) in [5.74, 6) is 0. The molecule has 0 spiro atoms. The van der Waals surface area contributed by atoms with Crippen molar-refractivity contribution in [2.75, 3.05) is 13.2 Å². The van der Waals surface area contributed by atoms with Crippen LogP contribution in [0, 0.1) is 0 Å². The molecule has 2 aliphatic rings. The molecule has 0 amide bonds. The Morgan fingerprint density at radius 2 is 2.50 bits per heavy atom. The van der Waals surface area contributed by atoms with E-state index in [1.54, 1.807) is 0 Å². The zero-order valence-electron chi connectivity index (χ0n) is 3.89. The van der Waals surface area contributed by atoms with Crippen molar-refractivity contribution in [1.29, 1.82) is 0 Å². The molecule has 0 bridgehead atoms. The third kappa shape index (κ3) is 0.172. The molecule has 34 valence electrons. The lowest BCUT2D eigenvalue weighted by Gasteiger charge is -2.22. The molecular formula is C4H8N2. The van der Waals surface area contributed by atoms with E-state index in [4.69, 9.17) is 0 Å². The van der Waals surface area contributed by atoms with Gasteiger partial charge in [0.2, 0.25) is 0 Å². The third-order valence-electron chi connectivity index (χ3n) is 1.57. The minimum absolute atomic E-state index is 0.866. The summed E-state index contributed by atoms with van der Waals surface area (Å²) < 4.78 is 0. The summed E-state index contributed by atoms with van der Waals surface area (Å²) in [6.45, 7) is 4.80. The van der Waals surface area contributed by atoms with Crippen LogP contribution in [0.2, 0.25) is 0 Å². The lowest BCUT2D eigenvalue weighted by Crippen LogP contribution is -2.37. The van der Waals surface area contributed by atoms with E-state index in [1.165, 1.54) is 13.2 Å². The van der Waals surface area contributed by atoms with Gasteiger partial charge in [0.05, 0.1) is 6.67 Å². The van der Waals surface area contributed by atoms with Crippen molar-refractivity contribution in [1.82, 2.24) is 10.0 Å². The first-order valence-corrected chi connectivity index (χ1v) is 2.39. The Kier molecular flexibility index (Phi) is 0.316. The van der Waals surface area contributed by atoms with Crippen LogP contribution in [-0.4, -0.2) is 29.3 Å². The molecule has 3 atom stereocenters. The summed E-state index contributed by atoms with van der Waals surface area (Å²) in [7, 11) is 0. The first kappa shape index (κ1) is 2.99. The van der Waals surface area contributed by atoms with E-state index in [1.807, 2.05) is 0 Å². The van der Waals surface area contributed by atoms with Gasteiger partial charge in [0.1, 0.15) is 0 Å². The zero-order valence-corrected chi connectivity index (χ0v) is 3.89. The van der Waals surface area contributed by atoms with Gasteiger partial charge >= 0.3 is 0 Å². The molecule has 0 saturated carbocycles. The van der Waals surface area contributed by atoms with Gasteiger partial charge in [-0.05, 0) is 6.92 Å². The number of fused-ring (bicyclic) bond motifs is 1. The molecule has 0 N–H and O–H groups in total. The second kappa shape index (κ2) is 0.634. The van der Waals surface area contributed by atoms with Crippen molar-refractivity contribution >= 4 is 0 Å². The molecule has 2 nitrogen and oxygen atoms in total. The summed E-state index contributed by atoms with van der Waals surface area (Å²) in [5, 5.41) is 4.67. The van der Waals surface area contributed by atoms with Crippen LogP contribution in [0.5, 0.6) is 0 Å². The van der Waals surface area contributed by atoms with Gasteiger partial charge in [-0.2, -0.15) is 0 Å². The molecule has 2 heterocycles. The van der Waals surface area contributed by atoms with Crippen LogP contribution in [0.25, 0.3) is 0 Å². The Hall–Kier alpha value is -0.0800. The van der Waals surface area contributed by atoms with E-state index in [0.717, 1.165) is 6.04 Å². The van der Waals surface area contributed by atoms with E-state index < -0.39 is 0 Å². The van der Waals surface area contributed by atoms with Gasteiger partial charge in [-0.25, -0.2) is 10.0 Å². The zero-order chi connectivity index (χ0) is 4.15. The Bertz CT molecular complexity index is 81.6. The minimum atomic E-state index is 0.866. The van der Waals surface area contributed by atoms with Gasteiger partial charge < -0.3 is 0 Å². The van der Waals surface area contributed by atoms with Gasteiger partial charge in [-0.1, -0.05) is 0 Å². The first-order valence-electron chi connectivity index (χ1n) is 2.39. The molecule has 2 heteroatoms. The molecule has 3 unspecified atom stereocenters. The summed E-state index contributed by atoms with van der Waals surface area (Å²) in [6, 6.07) is 0.866. The second-order valence-corrected chi connectivity index (χ2v) is 2.12. The fourth-order valence-corrected chi connectivity index (χ4v) is 1.02. The molecule has 6 heavy (non-hydrogen) atoms. The molecular weight excluding hydrogens is 76.1 g/mol. The summed E-state index contributed by atoms with van der Waals surface area (Å²) in [6.07, 6.45) is 0. The largest absolute Gasteiger partial charge is 0.223 e. The molecule has 2 saturated heterocycles. The Morgan fingerprint density at radius 3 is 2.50 bits per heavy atom. The fourth-order valence-electron chi connectivity index (χ4n) is 1.02. The van der Waals surface area contributed by atoms with Crippen molar-refractivity contribution < 1.29 is 0 Å². The van der Waals surface area contributed by atoms with Gasteiger partial charge in [0.25, 0.3) is 0 Å². The molecule has 2 fully saturated rings. The third-order valence-corrected chi connectivity index (χ3v) is 1.57. The van der Waals surface area contributed by atoms with E-state index in [0.29, 0.717) is 0 Å². The Morgan fingerprint density at radius 1 is 1.67 bits per heavy atom. The van der Waals surface area contributed by atoms with Crippen molar-refractivity contribution in [3.8, 4) is 0 Å². The van der Waals surface area contributed by atoms with Gasteiger partial charge in [0, 0.05) is 12.6 Å². The van der Waals surface area contributed by atoms with E-state index >= 15 is 0 Å². The smallest absolute Gasteiger partial charge is 0.0792 e. The molecule has 0 aromatic heterocycles. The van der Waals surface area contributed by atoms with Crippen LogP contribution >= 0.6 is 0 Å². The monoisotopic (exact) mass is 84.1 g/mol. The van der Waals surface area contributed by atoms with Crippen molar-refractivity contribution in [2.24, 2.45) is 0 Å². The minimum Gasteiger partial charge on any atom is -0.223 e. The topological polar surface area (TPSA) is 6.02 Å². The highest BCUT2D eigenvalue weighted by Gasteiger charge is 2.45. The number of rotatable bonds is 0. The van der Waals surface area contributed by atoms with Crippen LogP contribution in [0.15, 0.2) is 0 Å². The maximum atomic E-state index is 2.35. The van der Waals surface area contributed by atoms with E-state index in [9.17, 15) is 0 Å². The van der Waals surface area contributed by atoms with Crippen molar-refractivity contribution in [3.63, 3.8) is 0 Å². The standard InChI is InChI=1S/C4H8N2/c1-4-2-5-3-6(4)5/h4H,2-3H2,1H3. The summed E-state index contributed by atoms with van der Waals surface area (Å²) in [4.78, 5) is 0. The number of hydrogen-bond acceptors (Lipinski definition) is 2. The van der Waals surface area contributed by atoms with Crippen LogP contribution in [0.4, 0.5) is 0 Å². The SMILES string of the molecule is CC1CN2CN12. The second-order valence-electron chi connectivity index (χ2n) is 2.12. The number of hydrazine groups is 1. The average molecular weight is 84.1 g/mol. The fraction of sp³-hybridized carbons (Fsp3) is 1.00. The average Bonchev–Trinajstić information content (AvgIpc) is 2.12. The Labute approximate surface area is 37.3 Å². The maximum absolute atomic E-state index is 2.35. The lowest BCUT2D eigenvalue weighted by molar-refractivity contribution is 0.123. The number of nitrogens with zero attached hydrogens (tertiary/aromatic N) is 2. The quantitative estimate of drug-likeness (QED) is 0.377. The highest BCUT2D eigenvalue weighted by Crippen LogP contribution is 2.29. The van der Waals surface area contributed by atoms with Crippen LogP contribution < -0.4 is 0 Å². The van der Waals surface area contributed by atoms with Crippen LogP contribution in [0.3, 0.4) is 0 Å². The molecule has 0 aromatic rings. The predicted octanol–water partition coefficient (Wildman–Crippen LogP) is -0.121. The Balaban J connectivity index is 2.08. The molecule has 0 aliphatic carbocycles. The van der Waals surface area contributed by atoms with Crippen LogP contribution in [-0.2, 0) is 0 Å².